The molecule has 0 unspecified atom stereocenters. The molecular formula is C10H10F2N4O2S. The van der Waals surface area contributed by atoms with Crippen LogP contribution >= 0.6 is 0 Å². The van der Waals surface area contributed by atoms with Gasteiger partial charge in [-0.15, -0.1) is 0 Å². The second kappa shape index (κ2) is 4.50. The Morgan fingerprint density at radius 3 is 2.58 bits per heavy atom. The van der Waals surface area contributed by atoms with E-state index in [4.69, 9.17) is 5.73 Å². The van der Waals surface area contributed by atoms with Crippen LogP contribution in [0, 0.1) is 18.6 Å². The third-order valence-corrected chi connectivity index (χ3v) is 3.88. The number of hydrogen-bond donors (Lipinski definition) is 3. The van der Waals surface area contributed by atoms with Crippen molar-refractivity contribution in [2.75, 3.05) is 10.5 Å². The van der Waals surface area contributed by atoms with Crippen molar-refractivity contribution in [1.82, 2.24) is 10.2 Å². The average Bonchev–Trinajstić information content (AvgIpc) is 2.73. The lowest BCUT2D eigenvalue weighted by atomic mass is 10.2. The number of aryl methyl sites for hydroxylation is 1. The molecule has 0 atom stereocenters. The summed E-state index contributed by atoms with van der Waals surface area (Å²) in [6.07, 6.45) is 1.09. The Bertz CT molecular complexity index is 727. The summed E-state index contributed by atoms with van der Waals surface area (Å²) in [4.78, 5) is -0.130. The maximum atomic E-state index is 13.5. The minimum absolute atomic E-state index is 0.130. The van der Waals surface area contributed by atoms with E-state index in [1.807, 2.05) is 4.72 Å². The van der Waals surface area contributed by atoms with Gasteiger partial charge in [0.1, 0.15) is 16.5 Å². The minimum Gasteiger partial charge on any atom is -0.396 e. The van der Waals surface area contributed by atoms with Gasteiger partial charge < -0.3 is 5.73 Å². The van der Waals surface area contributed by atoms with Gasteiger partial charge in [-0.05, 0) is 13.0 Å². The maximum absolute atomic E-state index is 13.5. The lowest BCUT2D eigenvalue weighted by molar-refractivity contribution is 0.585. The Morgan fingerprint density at radius 2 is 2.00 bits per heavy atom. The number of nitrogen functional groups attached to an aromatic ring is 1. The first-order valence-corrected chi connectivity index (χ1v) is 6.57. The summed E-state index contributed by atoms with van der Waals surface area (Å²) in [5.41, 5.74) is 4.77. The van der Waals surface area contributed by atoms with E-state index in [2.05, 4.69) is 10.2 Å². The molecule has 0 saturated carbocycles. The predicted molar refractivity (Wildman–Crippen MR) is 64.9 cm³/mol. The SMILES string of the molecule is Cc1[nH]ncc1S(=O)(=O)Nc1cc(N)c(F)cc1F. The van der Waals surface area contributed by atoms with Crippen molar-refractivity contribution in [3.05, 3.63) is 35.7 Å². The average molecular weight is 288 g/mol. The number of sulfonamides is 1. The fourth-order valence-corrected chi connectivity index (χ4v) is 2.65. The number of rotatable bonds is 3. The molecule has 0 bridgehead atoms. The van der Waals surface area contributed by atoms with E-state index in [9.17, 15) is 17.2 Å². The van der Waals surface area contributed by atoms with E-state index in [1.54, 1.807) is 0 Å². The lowest BCUT2D eigenvalue weighted by Crippen LogP contribution is -2.15. The third-order valence-electron chi connectivity index (χ3n) is 2.40. The molecule has 9 heteroatoms. The number of aromatic nitrogens is 2. The summed E-state index contributed by atoms with van der Waals surface area (Å²) in [6.45, 7) is 1.50. The van der Waals surface area contributed by atoms with Gasteiger partial charge >= 0.3 is 0 Å². The largest absolute Gasteiger partial charge is 0.396 e. The zero-order valence-corrected chi connectivity index (χ0v) is 10.6. The molecule has 2 rings (SSSR count). The fraction of sp³-hybridized carbons (Fsp3) is 0.100. The van der Waals surface area contributed by atoms with Gasteiger partial charge in [0.25, 0.3) is 10.0 Å². The zero-order valence-electron chi connectivity index (χ0n) is 9.74. The highest BCUT2D eigenvalue weighted by molar-refractivity contribution is 7.92. The molecule has 0 amide bonds. The van der Waals surface area contributed by atoms with Gasteiger partial charge in [-0.3, -0.25) is 9.82 Å². The topological polar surface area (TPSA) is 101 Å². The van der Waals surface area contributed by atoms with Crippen LogP contribution in [0.15, 0.2) is 23.2 Å². The molecule has 1 aromatic heterocycles. The summed E-state index contributed by atoms with van der Waals surface area (Å²) >= 11 is 0. The molecule has 102 valence electrons. The van der Waals surface area contributed by atoms with Crippen molar-refractivity contribution in [3.8, 4) is 0 Å². The van der Waals surface area contributed by atoms with Crippen LogP contribution in [-0.2, 0) is 10.0 Å². The van der Waals surface area contributed by atoms with E-state index in [1.165, 1.54) is 6.92 Å². The first kappa shape index (κ1) is 13.3. The van der Waals surface area contributed by atoms with Crippen LogP contribution < -0.4 is 10.5 Å². The Labute approximate surface area is 107 Å². The quantitative estimate of drug-likeness (QED) is 0.743. The number of nitrogens with zero attached hydrogens (tertiary/aromatic N) is 1. The van der Waals surface area contributed by atoms with Crippen molar-refractivity contribution < 1.29 is 17.2 Å². The normalized spacial score (nSPS) is 11.5. The van der Waals surface area contributed by atoms with Crippen LogP contribution in [0.5, 0.6) is 0 Å². The number of hydrogen-bond acceptors (Lipinski definition) is 4. The smallest absolute Gasteiger partial charge is 0.265 e. The standard InChI is InChI=1S/C10H10F2N4O2S/c1-5-10(4-14-15-5)19(17,18)16-9-3-8(13)6(11)2-7(9)12/h2-4,16H,13H2,1H3,(H,14,15). The lowest BCUT2D eigenvalue weighted by Gasteiger charge is -2.09. The molecule has 0 aliphatic carbocycles. The molecule has 19 heavy (non-hydrogen) atoms. The molecular weight excluding hydrogens is 278 g/mol. The van der Waals surface area contributed by atoms with Crippen LogP contribution in [-0.4, -0.2) is 18.6 Å². The maximum Gasteiger partial charge on any atom is 0.265 e. The molecule has 0 aliphatic rings. The van der Waals surface area contributed by atoms with E-state index in [0.717, 1.165) is 12.3 Å². The van der Waals surface area contributed by atoms with E-state index < -0.39 is 27.3 Å². The van der Waals surface area contributed by atoms with Crippen LogP contribution in [0.2, 0.25) is 0 Å². The molecule has 2 aromatic rings. The highest BCUT2D eigenvalue weighted by Crippen LogP contribution is 2.24. The van der Waals surface area contributed by atoms with Crippen molar-refractivity contribution >= 4 is 21.4 Å². The number of nitrogens with two attached hydrogens (primary N) is 1. The monoisotopic (exact) mass is 288 g/mol. The first-order chi connectivity index (χ1) is 8.81. The van der Waals surface area contributed by atoms with Gasteiger partial charge in [0.15, 0.2) is 0 Å². The van der Waals surface area contributed by atoms with Crippen LogP contribution in [0.4, 0.5) is 20.2 Å². The molecule has 0 fully saturated rings. The summed E-state index contributed by atoms with van der Waals surface area (Å²) < 4.78 is 52.3. The summed E-state index contributed by atoms with van der Waals surface area (Å²) in [6, 6.07) is 1.38. The molecule has 0 radical (unpaired) electrons. The van der Waals surface area contributed by atoms with Gasteiger partial charge in [-0.1, -0.05) is 0 Å². The van der Waals surface area contributed by atoms with Crippen LogP contribution in [0.3, 0.4) is 0 Å². The fourth-order valence-electron chi connectivity index (χ4n) is 1.45. The Balaban J connectivity index is 2.42. The molecule has 4 N–H and O–H groups in total. The van der Waals surface area contributed by atoms with Gasteiger partial charge in [0.05, 0.1) is 23.3 Å². The molecule has 0 saturated heterocycles. The van der Waals surface area contributed by atoms with Gasteiger partial charge in [-0.2, -0.15) is 5.10 Å². The Morgan fingerprint density at radius 1 is 1.32 bits per heavy atom. The number of aromatic amines is 1. The zero-order chi connectivity index (χ0) is 14.2. The summed E-state index contributed by atoms with van der Waals surface area (Å²) in [7, 11) is -4.01. The van der Waals surface area contributed by atoms with E-state index in [-0.39, 0.29) is 10.6 Å². The van der Waals surface area contributed by atoms with Crippen LogP contribution in [0.25, 0.3) is 0 Å². The highest BCUT2D eigenvalue weighted by atomic mass is 32.2. The number of nitrogens with one attached hydrogen (secondary N) is 2. The predicted octanol–water partition coefficient (Wildman–Crippen LogP) is 1.38. The third kappa shape index (κ3) is 2.50. The Hall–Kier alpha value is -2.16. The van der Waals surface area contributed by atoms with Crippen LogP contribution in [0.1, 0.15) is 5.69 Å². The molecule has 1 heterocycles. The first-order valence-electron chi connectivity index (χ1n) is 5.08. The second-order valence-electron chi connectivity index (χ2n) is 3.82. The van der Waals surface area contributed by atoms with Gasteiger partial charge in [0, 0.05) is 6.07 Å². The van der Waals surface area contributed by atoms with Gasteiger partial charge in [-0.25, -0.2) is 17.2 Å². The molecule has 1 aromatic carbocycles. The minimum atomic E-state index is -4.01. The number of anilines is 2. The number of benzene rings is 1. The Kier molecular flexibility index (Phi) is 3.14. The molecule has 6 nitrogen and oxygen atoms in total. The molecule has 0 aliphatic heterocycles. The van der Waals surface area contributed by atoms with Crippen molar-refractivity contribution in [1.29, 1.82) is 0 Å². The van der Waals surface area contributed by atoms with Gasteiger partial charge in [0.2, 0.25) is 0 Å². The van der Waals surface area contributed by atoms with E-state index in [0.29, 0.717) is 11.8 Å². The second-order valence-corrected chi connectivity index (χ2v) is 5.47. The summed E-state index contributed by atoms with van der Waals surface area (Å²) in [5.74, 6) is -2.02. The highest BCUT2D eigenvalue weighted by Gasteiger charge is 2.21. The van der Waals surface area contributed by atoms with Crippen molar-refractivity contribution in [2.45, 2.75) is 11.8 Å². The van der Waals surface area contributed by atoms with Crippen molar-refractivity contribution in [3.63, 3.8) is 0 Å². The number of H-pyrrole nitrogens is 1. The van der Waals surface area contributed by atoms with Crippen molar-refractivity contribution in [2.24, 2.45) is 0 Å². The summed E-state index contributed by atoms with van der Waals surface area (Å²) in [5, 5.41) is 6.01. The number of halogens is 2. The van der Waals surface area contributed by atoms with E-state index >= 15 is 0 Å². The molecule has 0 spiro atoms.